The first kappa shape index (κ1) is 17.0. The number of nitrogens with one attached hydrogen (secondary N) is 1. The maximum absolute atomic E-state index is 12.9. The Morgan fingerprint density at radius 3 is 2.64 bits per heavy atom. The van der Waals surface area contributed by atoms with Crippen molar-refractivity contribution < 1.29 is 9.53 Å². The van der Waals surface area contributed by atoms with Gasteiger partial charge in [-0.3, -0.25) is 9.20 Å². The molecule has 1 aromatic carbocycles. The largest absolute Gasteiger partial charge is 0.494 e. The molecule has 0 atom stereocenters. The van der Waals surface area contributed by atoms with Crippen LogP contribution in [0.4, 0.5) is 5.69 Å². The van der Waals surface area contributed by atoms with Crippen molar-refractivity contribution in [3.05, 3.63) is 59.5 Å². The SMILES string of the molecule is CCCc1nc2cc(C)ccn2c1C(=O)Nc1ccc(OCC)cc1. The Hall–Kier alpha value is -2.82. The highest BCUT2D eigenvalue weighted by molar-refractivity contribution is 6.04. The summed E-state index contributed by atoms with van der Waals surface area (Å²) in [4.78, 5) is 17.5. The van der Waals surface area contributed by atoms with Crippen LogP contribution >= 0.6 is 0 Å². The zero-order chi connectivity index (χ0) is 17.8. The van der Waals surface area contributed by atoms with Crippen molar-refractivity contribution in [2.45, 2.75) is 33.6 Å². The molecule has 3 aromatic rings. The number of carbonyl (C=O) groups is 1. The first-order valence-corrected chi connectivity index (χ1v) is 8.64. The number of hydrogen-bond acceptors (Lipinski definition) is 3. The Morgan fingerprint density at radius 2 is 1.96 bits per heavy atom. The number of rotatable bonds is 6. The summed E-state index contributed by atoms with van der Waals surface area (Å²) in [6.45, 7) is 6.67. The summed E-state index contributed by atoms with van der Waals surface area (Å²) < 4.78 is 7.29. The van der Waals surface area contributed by atoms with Crippen molar-refractivity contribution in [3.8, 4) is 5.75 Å². The third-order valence-electron chi connectivity index (χ3n) is 3.98. The molecule has 0 fully saturated rings. The summed E-state index contributed by atoms with van der Waals surface area (Å²) in [5, 5.41) is 2.96. The summed E-state index contributed by atoms with van der Waals surface area (Å²) in [7, 11) is 0. The van der Waals surface area contributed by atoms with Gasteiger partial charge in [-0.25, -0.2) is 4.98 Å². The topological polar surface area (TPSA) is 55.6 Å². The molecule has 25 heavy (non-hydrogen) atoms. The molecule has 5 heteroatoms. The highest BCUT2D eigenvalue weighted by atomic mass is 16.5. The third-order valence-corrected chi connectivity index (χ3v) is 3.98. The molecule has 2 heterocycles. The molecule has 1 N–H and O–H groups in total. The van der Waals surface area contributed by atoms with E-state index in [1.165, 1.54) is 0 Å². The van der Waals surface area contributed by atoms with Gasteiger partial charge in [0.25, 0.3) is 5.91 Å². The lowest BCUT2D eigenvalue weighted by atomic mass is 10.2. The average molecular weight is 337 g/mol. The molecule has 0 aliphatic carbocycles. The molecule has 3 rings (SSSR count). The predicted molar refractivity (Wildman–Crippen MR) is 99.5 cm³/mol. The number of benzene rings is 1. The van der Waals surface area contributed by atoms with E-state index in [2.05, 4.69) is 17.2 Å². The molecule has 0 bridgehead atoms. The van der Waals surface area contributed by atoms with Crippen LogP contribution < -0.4 is 10.1 Å². The summed E-state index contributed by atoms with van der Waals surface area (Å²) >= 11 is 0. The minimum absolute atomic E-state index is 0.149. The van der Waals surface area contributed by atoms with Gasteiger partial charge < -0.3 is 10.1 Å². The van der Waals surface area contributed by atoms with Crippen molar-refractivity contribution in [2.24, 2.45) is 0 Å². The Bertz CT molecular complexity index is 882. The van der Waals surface area contributed by atoms with E-state index in [0.29, 0.717) is 12.3 Å². The fourth-order valence-electron chi connectivity index (χ4n) is 2.84. The summed E-state index contributed by atoms with van der Waals surface area (Å²) in [5.74, 6) is 0.640. The minimum Gasteiger partial charge on any atom is -0.494 e. The monoisotopic (exact) mass is 337 g/mol. The van der Waals surface area contributed by atoms with Crippen LogP contribution in [0.1, 0.15) is 42.0 Å². The Kier molecular flexibility index (Phi) is 5.03. The van der Waals surface area contributed by atoms with Gasteiger partial charge in [-0.1, -0.05) is 13.3 Å². The fraction of sp³-hybridized carbons (Fsp3) is 0.300. The second-order valence-electron chi connectivity index (χ2n) is 6.00. The zero-order valence-electron chi connectivity index (χ0n) is 14.9. The van der Waals surface area contributed by atoms with Crippen molar-refractivity contribution in [1.29, 1.82) is 0 Å². The van der Waals surface area contributed by atoms with E-state index >= 15 is 0 Å². The molecule has 0 saturated carbocycles. The number of ether oxygens (including phenoxy) is 1. The number of anilines is 1. The van der Waals surface area contributed by atoms with Crippen LogP contribution in [-0.2, 0) is 6.42 Å². The van der Waals surface area contributed by atoms with Crippen LogP contribution in [0.5, 0.6) is 5.75 Å². The smallest absolute Gasteiger partial charge is 0.274 e. The van der Waals surface area contributed by atoms with Gasteiger partial charge in [0.15, 0.2) is 0 Å². The molecule has 0 unspecified atom stereocenters. The quantitative estimate of drug-likeness (QED) is 0.732. The number of imidazole rings is 1. The maximum Gasteiger partial charge on any atom is 0.274 e. The van der Waals surface area contributed by atoms with Crippen molar-refractivity contribution in [3.63, 3.8) is 0 Å². The van der Waals surface area contributed by atoms with E-state index in [1.54, 1.807) is 0 Å². The van der Waals surface area contributed by atoms with Gasteiger partial charge in [0.05, 0.1) is 12.3 Å². The van der Waals surface area contributed by atoms with Gasteiger partial charge in [-0.15, -0.1) is 0 Å². The number of nitrogens with zero attached hydrogens (tertiary/aromatic N) is 2. The molecule has 2 aromatic heterocycles. The molecule has 0 saturated heterocycles. The van der Waals surface area contributed by atoms with Gasteiger partial charge in [0, 0.05) is 11.9 Å². The zero-order valence-corrected chi connectivity index (χ0v) is 14.9. The van der Waals surface area contributed by atoms with Gasteiger partial charge in [-0.05, 0) is 62.2 Å². The molecule has 0 aliphatic heterocycles. The highest BCUT2D eigenvalue weighted by Crippen LogP contribution is 2.20. The molecule has 5 nitrogen and oxygen atoms in total. The van der Waals surface area contributed by atoms with Gasteiger partial charge in [0.2, 0.25) is 0 Å². The number of aromatic nitrogens is 2. The molecule has 0 radical (unpaired) electrons. The van der Waals surface area contributed by atoms with Crippen LogP contribution in [0.3, 0.4) is 0 Å². The average Bonchev–Trinajstić information content (AvgIpc) is 2.94. The predicted octanol–water partition coefficient (Wildman–Crippen LogP) is 4.25. The Balaban J connectivity index is 1.91. The van der Waals surface area contributed by atoms with Crippen LogP contribution in [0.25, 0.3) is 5.65 Å². The first-order chi connectivity index (χ1) is 12.1. The second-order valence-corrected chi connectivity index (χ2v) is 6.00. The summed E-state index contributed by atoms with van der Waals surface area (Å²) in [6, 6.07) is 11.4. The lowest BCUT2D eigenvalue weighted by Gasteiger charge is -2.08. The van der Waals surface area contributed by atoms with Crippen molar-refractivity contribution in [2.75, 3.05) is 11.9 Å². The van der Waals surface area contributed by atoms with Gasteiger partial charge in [0.1, 0.15) is 17.1 Å². The van der Waals surface area contributed by atoms with E-state index in [1.807, 2.05) is 60.8 Å². The van der Waals surface area contributed by atoms with E-state index < -0.39 is 0 Å². The third kappa shape index (κ3) is 3.65. The van der Waals surface area contributed by atoms with Crippen LogP contribution in [0.15, 0.2) is 42.6 Å². The number of pyridine rings is 1. The maximum atomic E-state index is 12.9. The summed E-state index contributed by atoms with van der Waals surface area (Å²) in [6.07, 6.45) is 3.61. The normalized spacial score (nSPS) is 10.8. The number of fused-ring (bicyclic) bond motifs is 1. The standard InChI is InChI=1S/C20H23N3O2/c1-4-6-17-19(23-12-11-14(3)13-18(23)22-17)20(24)21-15-7-9-16(10-8-15)25-5-2/h7-13H,4-6H2,1-3H3,(H,21,24). The second kappa shape index (κ2) is 7.38. The van der Waals surface area contributed by atoms with E-state index in [-0.39, 0.29) is 5.91 Å². The lowest BCUT2D eigenvalue weighted by molar-refractivity contribution is 0.102. The number of amides is 1. The minimum atomic E-state index is -0.149. The molecule has 0 spiro atoms. The number of aryl methyl sites for hydroxylation is 2. The van der Waals surface area contributed by atoms with E-state index in [4.69, 9.17) is 4.74 Å². The van der Waals surface area contributed by atoms with Gasteiger partial charge >= 0.3 is 0 Å². The van der Waals surface area contributed by atoms with Crippen molar-refractivity contribution in [1.82, 2.24) is 9.38 Å². The molecule has 1 amide bonds. The highest BCUT2D eigenvalue weighted by Gasteiger charge is 2.19. The van der Waals surface area contributed by atoms with Crippen LogP contribution in [0.2, 0.25) is 0 Å². The summed E-state index contributed by atoms with van der Waals surface area (Å²) in [5.41, 5.74) is 4.10. The number of hydrogen-bond donors (Lipinski definition) is 1. The molecular weight excluding hydrogens is 314 g/mol. The molecule has 130 valence electrons. The fourth-order valence-corrected chi connectivity index (χ4v) is 2.84. The van der Waals surface area contributed by atoms with E-state index in [0.717, 1.165) is 41.2 Å². The van der Waals surface area contributed by atoms with Gasteiger partial charge in [-0.2, -0.15) is 0 Å². The van der Waals surface area contributed by atoms with E-state index in [9.17, 15) is 4.79 Å². The van der Waals surface area contributed by atoms with Crippen LogP contribution in [-0.4, -0.2) is 21.9 Å². The lowest BCUT2D eigenvalue weighted by Crippen LogP contribution is -2.16. The first-order valence-electron chi connectivity index (χ1n) is 8.64. The molecular formula is C20H23N3O2. The Labute approximate surface area is 147 Å². The Morgan fingerprint density at radius 1 is 1.20 bits per heavy atom. The van der Waals surface area contributed by atoms with Crippen molar-refractivity contribution >= 4 is 17.2 Å². The van der Waals surface area contributed by atoms with Crippen LogP contribution in [0, 0.1) is 6.92 Å². The molecule has 0 aliphatic rings. The number of carbonyl (C=O) groups excluding carboxylic acids is 1.